The second kappa shape index (κ2) is 3.98. The highest BCUT2D eigenvalue weighted by atomic mass is 16.1. The van der Waals surface area contributed by atoms with Gasteiger partial charge in [-0.15, -0.1) is 0 Å². The molecule has 4 nitrogen and oxygen atoms in total. The molecule has 0 aromatic carbocycles. The van der Waals surface area contributed by atoms with Crippen molar-refractivity contribution in [1.82, 2.24) is 10.3 Å². The summed E-state index contributed by atoms with van der Waals surface area (Å²) in [6.45, 7) is 2.26. The molecule has 15 heavy (non-hydrogen) atoms. The van der Waals surface area contributed by atoms with E-state index in [0.29, 0.717) is 24.0 Å². The molecule has 0 spiro atoms. The van der Waals surface area contributed by atoms with Crippen LogP contribution in [0.1, 0.15) is 28.8 Å². The number of carbonyl (C=O) groups excluding carboxylic acids is 1. The summed E-state index contributed by atoms with van der Waals surface area (Å²) >= 11 is 0. The predicted octanol–water partition coefficient (Wildman–Crippen LogP) is 0.907. The summed E-state index contributed by atoms with van der Waals surface area (Å²) in [6.07, 6.45) is 4.02. The average Bonchev–Trinajstić information content (AvgIpc) is 3.02. The molecule has 1 aromatic rings. The molecular formula is C11H15N3O. The van der Waals surface area contributed by atoms with E-state index in [-0.39, 0.29) is 5.78 Å². The second-order valence-corrected chi connectivity index (χ2v) is 4.02. The SMILES string of the molecule is Cc1cnc(N)c(C(=O)CNC2CC2)c1. The lowest BCUT2D eigenvalue weighted by Crippen LogP contribution is -2.25. The molecule has 1 saturated carbocycles. The maximum absolute atomic E-state index is 11.8. The van der Waals surface area contributed by atoms with Gasteiger partial charge in [0.05, 0.1) is 12.1 Å². The molecule has 80 valence electrons. The summed E-state index contributed by atoms with van der Waals surface area (Å²) in [5.74, 6) is 0.346. The monoisotopic (exact) mass is 205 g/mol. The molecule has 3 N–H and O–H groups in total. The van der Waals surface area contributed by atoms with Crippen LogP contribution in [0.25, 0.3) is 0 Å². The highest BCUT2D eigenvalue weighted by molar-refractivity contribution is 6.01. The second-order valence-electron chi connectivity index (χ2n) is 4.02. The third kappa shape index (κ3) is 2.53. The van der Waals surface area contributed by atoms with Crippen LogP contribution in [0.3, 0.4) is 0 Å². The zero-order valence-electron chi connectivity index (χ0n) is 8.79. The standard InChI is InChI=1S/C11H15N3O/c1-7-4-9(11(12)14-5-7)10(15)6-13-8-2-3-8/h4-5,8,13H,2-3,6H2,1H3,(H2,12,14). The van der Waals surface area contributed by atoms with E-state index < -0.39 is 0 Å². The van der Waals surface area contributed by atoms with Gasteiger partial charge in [-0.1, -0.05) is 0 Å². The first-order valence-corrected chi connectivity index (χ1v) is 5.15. The van der Waals surface area contributed by atoms with E-state index in [1.165, 1.54) is 12.8 Å². The van der Waals surface area contributed by atoms with Gasteiger partial charge in [-0.3, -0.25) is 4.79 Å². The molecule has 1 aromatic heterocycles. The Morgan fingerprint density at radius 1 is 1.67 bits per heavy atom. The molecule has 0 amide bonds. The number of carbonyl (C=O) groups is 1. The molecule has 1 aliphatic carbocycles. The summed E-state index contributed by atoms with van der Waals surface area (Å²) in [5.41, 5.74) is 7.14. The summed E-state index contributed by atoms with van der Waals surface area (Å²) in [6, 6.07) is 2.33. The van der Waals surface area contributed by atoms with E-state index in [2.05, 4.69) is 10.3 Å². The van der Waals surface area contributed by atoms with Gasteiger partial charge < -0.3 is 11.1 Å². The highest BCUT2D eigenvalue weighted by Gasteiger charge is 2.22. The number of hydrogen-bond donors (Lipinski definition) is 2. The normalized spacial score (nSPS) is 15.3. The first-order valence-electron chi connectivity index (χ1n) is 5.15. The quantitative estimate of drug-likeness (QED) is 0.717. The predicted molar refractivity (Wildman–Crippen MR) is 58.7 cm³/mol. The van der Waals surface area contributed by atoms with Crippen molar-refractivity contribution in [3.8, 4) is 0 Å². The number of aromatic nitrogens is 1. The van der Waals surface area contributed by atoms with Gasteiger partial charge in [-0.2, -0.15) is 0 Å². The minimum atomic E-state index is 0.0237. The Morgan fingerprint density at radius 3 is 3.07 bits per heavy atom. The van der Waals surface area contributed by atoms with Gasteiger partial charge in [-0.25, -0.2) is 4.98 Å². The van der Waals surface area contributed by atoms with Gasteiger partial charge in [0.1, 0.15) is 5.82 Å². The molecule has 0 unspecified atom stereocenters. The largest absolute Gasteiger partial charge is 0.383 e. The number of anilines is 1. The molecule has 2 rings (SSSR count). The third-order valence-corrected chi connectivity index (χ3v) is 2.48. The van der Waals surface area contributed by atoms with Crippen molar-refractivity contribution in [2.75, 3.05) is 12.3 Å². The van der Waals surface area contributed by atoms with Crippen LogP contribution < -0.4 is 11.1 Å². The number of aryl methyl sites for hydroxylation is 1. The molecule has 1 aliphatic rings. The maximum Gasteiger partial charge on any atom is 0.180 e. The number of Topliss-reactive ketones (excluding diaryl/α,β-unsaturated/α-hetero) is 1. The fourth-order valence-electron chi connectivity index (χ4n) is 1.42. The molecular weight excluding hydrogens is 190 g/mol. The topological polar surface area (TPSA) is 68.0 Å². The third-order valence-electron chi connectivity index (χ3n) is 2.48. The number of pyridine rings is 1. The van der Waals surface area contributed by atoms with Gasteiger partial charge >= 0.3 is 0 Å². The van der Waals surface area contributed by atoms with E-state index >= 15 is 0 Å². The van der Waals surface area contributed by atoms with Crippen LogP contribution in [0.15, 0.2) is 12.3 Å². The number of nitrogens with zero attached hydrogens (tertiary/aromatic N) is 1. The van der Waals surface area contributed by atoms with E-state index in [9.17, 15) is 4.79 Å². The van der Waals surface area contributed by atoms with Crippen molar-refractivity contribution in [3.05, 3.63) is 23.4 Å². The fraction of sp³-hybridized carbons (Fsp3) is 0.455. The molecule has 4 heteroatoms. The van der Waals surface area contributed by atoms with E-state index in [1.54, 1.807) is 12.3 Å². The van der Waals surface area contributed by atoms with Crippen LogP contribution in [-0.2, 0) is 0 Å². The molecule has 0 aliphatic heterocycles. The van der Waals surface area contributed by atoms with E-state index in [1.807, 2.05) is 6.92 Å². The van der Waals surface area contributed by atoms with Gasteiger partial charge in [0.15, 0.2) is 5.78 Å². The zero-order chi connectivity index (χ0) is 10.8. The van der Waals surface area contributed by atoms with Crippen LogP contribution in [0.2, 0.25) is 0 Å². The number of ketones is 1. The zero-order valence-corrected chi connectivity index (χ0v) is 8.79. The number of nitrogen functional groups attached to an aromatic ring is 1. The first kappa shape index (κ1) is 10.1. The minimum Gasteiger partial charge on any atom is -0.383 e. The Balaban J connectivity index is 2.05. The van der Waals surface area contributed by atoms with Gasteiger partial charge in [-0.05, 0) is 31.4 Å². The molecule has 1 fully saturated rings. The number of nitrogens with one attached hydrogen (secondary N) is 1. The lowest BCUT2D eigenvalue weighted by atomic mass is 10.1. The summed E-state index contributed by atoms with van der Waals surface area (Å²) < 4.78 is 0. The molecule has 0 saturated heterocycles. The van der Waals surface area contributed by atoms with Crippen molar-refractivity contribution in [2.45, 2.75) is 25.8 Å². The average molecular weight is 205 g/mol. The van der Waals surface area contributed by atoms with Crippen molar-refractivity contribution in [1.29, 1.82) is 0 Å². The Labute approximate surface area is 88.9 Å². The summed E-state index contributed by atoms with van der Waals surface area (Å²) in [4.78, 5) is 15.7. The van der Waals surface area contributed by atoms with Crippen molar-refractivity contribution in [3.63, 3.8) is 0 Å². The van der Waals surface area contributed by atoms with Crippen LogP contribution in [0.4, 0.5) is 5.82 Å². The van der Waals surface area contributed by atoms with Crippen molar-refractivity contribution >= 4 is 11.6 Å². The highest BCUT2D eigenvalue weighted by Crippen LogP contribution is 2.18. The summed E-state index contributed by atoms with van der Waals surface area (Å²) in [5, 5.41) is 3.17. The molecule has 0 atom stereocenters. The van der Waals surface area contributed by atoms with Crippen LogP contribution in [0, 0.1) is 6.92 Å². The summed E-state index contributed by atoms with van der Waals surface area (Å²) in [7, 11) is 0. The van der Waals surface area contributed by atoms with Gasteiger partial charge in [0, 0.05) is 12.2 Å². The van der Waals surface area contributed by atoms with Crippen molar-refractivity contribution < 1.29 is 4.79 Å². The molecule has 1 heterocycles. The minimum absolute atomic E-state index is 0.0237. The van der Waals surface area contributed by atoms with Crippen LogP contribution in [-0.4, -0.2) is 23.4 Å². The van der Waals surface area contributed by atoms with E-state index in [0.717, 1.165) is 5.56 Å². The fourth-order valence-corrected chi connectivity index (χ4v) is 1.42. The number of rotatable bonds is 4. The lowest BCUT2D eigenvalue weighted by Gasteiger charge is -2.05. The smallest absolute Gasteiger partial charge is 0.180 e. The Morgan fingerprint density at radius 2 is 2.40 bits per heavy atom. The number of nitrogens with two attached hydrogens (primary N) is 1. The van der Waals surface area contributed by atoms with Crippen LogP contribution >= 0.6 is 0 Å². The molecule has 0 radical (unpaired) electrons. The Bertz CT molecular complexity index is 385. The lowest BCUT2D eigenvalue weighted by molar-refractivity contribution is 0.0991. The molecule has 0 bridgehead atoms. The van der Waals surface area contributed by atoms with Gasteiger partial charge in [0.25, 0.3) is 0 Å². The Kier molecular flexibility index (Phi) is 2.68. The van der Waals surface area contributed by atoms with E-state index in [4.69, 9.17) is 5.73 Å². The maximum atomic E-state index is 11.8. The number of hydrogen-bond acceptors (Lipinski definition) is 4. The van der Waals surface area contributed by atoms with Crippen LogP contribution in [0.5, 0.6) is 0 Å². The van der Waals surface area contributed by atoms with Crippen molar-refractivity contribution in [2.24, 2.45) is 0 Å². The Hall–Kier alpha value is -1.42. The van der Waals surface area contributed by atoms with Gasteiger partial charge in [0.2, 0.25) is 0 Å². The first-order chi connectivity index (χ1) is 7.16.